The highest BCUT2D eigenvalue weighted by molar-refractivity contribution is 5.09. The molecule has 0 bridgehead atoms. The minimum atomic E-state index is -0.325. The van der Waals surface area contributed by atoms with Gasteiger partial charge in [-0.3, -0.25) is 4.98 Å². The van der Waals surface area contributed by atoms with Gasteiger partial charge >= 0.3 is 0 Å². The highest BCUT2D eigenvalue weighted by Crippen LogP contribution is 2.32. The van der Waals surface area contributed by atoms with Crippen molar-refractivity contribution in [3.63, 3.8) is 0 Å². The molecular formula is C12H17FN2O. The molecule has 0 atom stereocenters. The first kappa shape index (κ1) is 11.5. The summed E-state index contributed by atoms with van der Waals surface area (Å²) >= 11 is 0. The molecule has 2 rings (SSSR count). The lowest BCUT2D eigenvalue weighted by Gasteiger charge is -2.27. The molecule has 0 amide bonds. The van der Waals surface area contributed by atoms with E-state index in [1.807, 2.05) is 0 Å². The molecule has 16 heavy (non-hydrogen) atoms. The maximum absolute atomic E-state index is 12.9. The Labute approximate surface area is 94.8 Å². The predicted molar refractivity (Wildman–Crippen MR) is 59.2 cm³/mol. The minimum Gasteiger partial charge on any atom is -0.369 e. The summed E-state index contributed by atoms with van der Waals surface area (Å²) in [5.74, 6) is -0.325. The number of aromatic nitrogens is 1. The van der Waals surface area contributed by atoms with E-state index in [0.29, 0.717) is 13.2 Å². The molecule has 1 fully saturated rings. The molecule has 0 aromatic carbocycles. The normalized spacial score (nSPS) is 18.9. The van der Waals surface area contributed by atoms with E-state index in [4.69, 9.17) is 10.5 Å². The first-order chi connectivity index (χ1) is 7.74. The molecule has 1 saturated carbocycles. The van der Waals surface area contributed by atoms with Crippen molar-refractivity contribution >= 4 is 0 Å². The van der Waals surface area contributed by atoms with Crippen molar-refractivity contribution in [1.29, 1.82) is 0 Å². The van der Waals surface area contributed by atoms with Crippen LogP contribution < -0.4 is 5.73 Å². The number of ether oxygens (including phenoxy) is 1. The van der Waals surface area contributed by atoms with Crippen LogP contribution in [-0.2, 0) is 11.3 Å². The smallest absolute Gasteiger partial charge is 0.141 e. The largest absolute Gasteiger partial charge is 0.369 e. The van der Waals surface area contributed by atoms with E-state index in [9.17, 15) is 4.39 Å². The molecule has 1 aromatic heterocycles. The molecule has 1 aromatic rings. The van der Waals surface area contributed by atoms with Crippen molar-refractivity contribution in [1.82, 2.24) is 4.98 Å². The predicted octanol–water partition coefficient (Wildman–Crippen LogP) is 2.01. The molecule has 2 N–H and O–H groups in total. The summed E-state index contributed by atoms with van der Waals surface area (Å²) in [5, 5.41) is 0. The van der Waals surface area contributed by atoms with Gasteiger partial charge in [0.2, 0.25) is 0 Å². The van der Waals surface area contributed by atoms with Crippen LogP contribution in [0.4, 0.5) is 4.39 Å². The second kappa shape index (κ2) is 4.89. The zero-order valence-corrected chi connectivity index (χ0v) is 9.29. The van der Waals surface area contributed by atoms with Gasteiger partial charge in [-0.25, -0.2) is 4.39 Å². The van der Waals surface area contributed by atoms with Crippen LogP contribution in [0.2, 0.25) is 0 Å². The third-order valence-electron chi connectivity index (χ3n) is 3.19. The lowest BCUT2D eigenvalue weighted by molar-refractivity contribution is -0.0450. The topological polar surface area (TPSA) is 48.1 Å². The second-order valence-corrected chi connectivity index (χ2v) is 4.39. The molecule has 88 valence electrons. The van der Waals surface area contributed by atoms with Crippen LogP contribution >= 0.6 is 0 Å². The number of nitrogens with zero attached hydrogens (tertiary/aromatic N) is 1. The molecule has 3 nitrogen and oxygen atoms in total. The Morgan fingerprint density at radius 2 is 2.12 bits per heavy atom. The van der Waals surface area contributed by atoms with E-state index in [0.717, 1.165) is 18.4 Å². The average molecular weight is 224 g/mol. The lowest BCUT2D eigenvalue weighted by atomic mass is 10.0. The van der Waals surface area contributed by atoms with Crippen molar-refractivity contribution < 1.29 is 9.13 Å². The van der Waals surface area contributed by atoms with Gasteiger partial charge in [-0.15, -0.1) is 0 Å². The fourth-order valence-electron chi connectivity index (χ4n) is 2.20. The Morgan fingerprint density at radius 1 is 1.38 bits per heavy atom. The van der Waals surface area contributed by atoms with E-state index < -0.39 is 0 Å². The summed E-state index contributed by atoms with van der Waals surface area (Å²) in [7, 11) is 0. The third-order valence-corrected chi connectivity index (χ3v) is 3.19. The zero-order valence-electron chi connectivity index (χ0n) is 9.29. The molecular weight excluding hydrogens is 207 g/mol. The lowest BCUT2D eigenvalue weighted by Crippen LogP contribution is -2.37. The number of hydrogen-bond acceptors (Lipinski definition) is 3. The average Bonchev–Trinajstić information content (AvgIpc) is 2.76. The highest BCUT2D eigenvalue weighted by Gasteiger charge is 2.33. The summed E-state index contributed by atoms with van der Waals surface area (Å²) in [6, 6.07) is 1.45. The quantitative estimate of drug-likeness (QED) is 0.851. The first-order valence-corrected chi connectivity index (χ1v) is 5.68. The van der Waals surface area contributed by atoms with Crippen molar-refractivity contribution in [3.8, 4) is 0 Å². The van der Waals surface area contributed by atoms with Gasteiger partial charge in [0.1, 0.15) is 5.82 Å². The van der Waals surface area contributed by atoms with Gasteiger partial charge in [0.05, 0.1) is 18.4 Å². The summed E-state index contributed by atoms with van der Waals surface area (Å²) in [6.45, 7) is 0.928. The van der Waals surface area contributed by atoms with Gasteiger partial charge in [-0.1, -0.05) is 12.8 Å². The molecule has 0 unspecified atom stereocenters. The van der Waals surface area contributed by atoms with Gasteiger partial charge in [0.25, 0.3) is 0 Å². The summed E-state index contributed by atoms with van der Waals surface area (Å²) in [6.07, 6.45) is 7.16. The van der Waals surface area contributed by atoms with Crippen LogP contribution in [-0.4, -0.2) is 17.1 Å². The summed E-state index contributed by atoms with van der Waals surface area (Å²) < 4.78 is 18.8. The maximum Gasteiger partial charge on any atom is 0.141 e. The second-order valence-electron chi connectivity index (χ2n) is 4.39. The molecule has 1 aliphatic carbocycles. The number of pyridine rings is 1. The van der Waals surface area contributed by atoms with Crippen molar-refractivity contribution in [2.45, 2.75) is 37.9 Å². The number of nitrogens with two attached hydrogens (primary N) is 1. The molecule has 0 saturated heterocycles. The number of rotatable bonds is 4. The van der Waals surface area contributed by atoms with Crippen LogP contribution in [0.1, 0.15) is 31.2 Å². The Kier molecular flexibility index (Phi) is 3.51. The highest BCUT2D eigenvalue weighted by atomic mass is 19.1. The van der Waals surface area contributed by atoms with Crippen LogP contribution in [0.5, 0.6) is 0 Å². The van der Waals surface area contributed by atoms with Gasteiger partial charge in [-0.05, 0) is 24.5 Å². The SMILES string of the molecule is NCC1(OCc2cncc(F)c2)CCCC1. The minimum absolute atomic E-state index is 0.188. The first-order valence-electron chi connectivity index (χ1n) is 5.68. The van der Waals surface area contributed by atoms with Crippen molar-refractivity contribution in [3.05, 3.63) is 29.8 Å². The Hall–Kier alpha value is -1.00. The summed E-state index contributed by atoms with van der Waals surface area (Å²) in [5.41, 5.74) is 6.32. The van der Waals surface area contributed by atoms with Crippen LogP contribution in [0.15, 0.2) is 18.5 Å². The van der Waals surface area contributed by atoms with E-state index in [2.05, 4.69) is 4.98 Å². The maximum atomic E-state index is 12.9. The van der Waals surface area contributed by atoms with Crippen LogP contribution in [0, 0.1) is 5.82 Å². The molecule has 4 heteroatoms. The van der Waals surface area contributed by atoms with E-state index in [1.165, 1.54) is 25.1 Å². The molecule has 0 radical (unpaired) electrons. The van der Waals surface area contributed by atoms with Crippen molar-refractivity contribution in [2.75, 3.05) is 6.54 Å². The molecule has 1 aliphatic rings. The zero-order chi connectivity index (χ0) is 11.4. The van der Waals surface area contributed by atoms with E-state index in [1.54, 1.807) is 6.20 Å². The Balaban J connectivity index is 1.95. The van der Waals surface area contributed by atoms with Crippen LogP contribution in [0.3, 0.4) is 0 Å². The Morgan fingerprint density at radius 3 is 2.75 bits per heavy atom. The fourth-order valence-corrected chi connectivity index (χ4v) is 2.20. The standard InChI is InChI=1S/C12H17FN2O/c13-11-5-10(6-15-7-11)8-16-12(9-14)3-1-2-4-12/h5-7H,1-4,8-9,14H2. The van der Waals surface area contributed by atoms with Gasteiger partial charge in [0, 0.05) is 12.7 Å². The summed E-state index contributed by atoms with van der Waals surface area (Å²) in [4.78, 5) is 3.79. The molecule has 0 aliphatic heterocycles. The van der Waals surface area contributed by atoms with E-state index >= 15 is 0 Å². The van der Waals surface area contributed by atoms with Crippen LogP contribution in [0.25, 0.3) is 0 Å². The van der Waals surface area contributed by atoms with Gasteiger partial charge in [-0.2, -0.15) is 0 Å². The van der Waals surface area contributed by atoms with Gasteiger partial charge in [0.15, 0.2) is 0 Å². The Bertz CT molecular complexity index is 351. The monoisotopic (exact) mass is 224 g/mol. The number of halogens is 1. The molecule has 0 spiro atoms. The third kappa shape index (κ3) is 2.57. The fraction of sp³-hybridized carbons (Fsp3) is 0.583. The van der Waals surface area contributed by atoms with Crippen molar-refractivity contribution in [2.24, 2.45) is 5.73 Å². The van der Waals surface area contributed by atoms with Gasteiger partial charge < -0.3 is 10.5 Å². The van der Waals surface area contributed by atoms with E-state index in [-0.39, 0.29) is 11.4 Å². The number of hydrogen-bond donors (Lipinski definition) is 1. The molecule has 1 heterocycles.